The van der Waals surface area contributed by atoms with Gasteiger partial charge in [0.15, 0.2) is 5.65 Å². The molecule has 0 saturated heterocycles. The van der Waals surface area contributed by atoms with Gasteiger partial charge < -0.3 is 25.1 Å². The summed E-state index contributed by atoms with van der Waals surface area (Å²) < 4.78 is 53.3. The third-order valence-electron chi connectivity index (χ3n) is 4.63. The van der Waals surface area contributed by atoms with Gasteiger partial charge in [0.2, 0.25) is 0 Å². The maximum atomic E-state index is 12.4. The minimum Gasteiger partial charge on any atom is -0.489 e. The van der Waals surface area contributed by atoms with E-state index in [2.05, 4.69) is 14.8 Å². The van der Waals surface area contributed by atoms with Gasteiger partial charge in [-0.15, -0.1) is 13.2 Å². The van der Waals surface area contributed by atoms with Crippen LogP contribution in [-0.4, -0.2) is 44.5 Å². The number of amides is 1. The molecule has 2 heterocycles. The molecule has 1 saturated carbocycles. The second-order valence-corrected chi connectivity index (χ2v) is 6.88. The van der Waals surface area contributed by atoms with Crippen LogP contribution in [0.2, 0.25) is 0 Å². The summed E-state index contributed by atoms with van der Waals surface area (Å²) in [5, 5.41) is 14.3. The fourth-order valence-electron chi connectivity index (χ4n) is 3.21. The van der Waals surface area contributed by atoms with E-state index >= 15 is 0 Å². The molecule has 0 unspecified atom stereocenters. The Kier molecular flexibility index (Phi) is 5.31. The van der Waals surface area contributed by atoms with E-state index in [9.17, 15) is 23.1 Å². The molecule has 4 rings (SSSR count). The maximum Gasteiger partial charge on any atom is 0.573 e. The molecule has 3 aromatic rings. The number of hydrogen-bond acceptors (Lipinski definition) is 7. The van der Waals surface area contributed by atoms with Crippen LogP contribution in [0.5, 0.6) is 11.5 Å². The smallest absolute Gasteiger partial charge is 0.489 e. The Morgan fingerprint density at radius 3 is 2.55 bits per heavy atom. The monoisotopic (exact) mass is 438 g/mol. The van der Waals surface area contributed by atoms with Crippen molar-refractivity contribution in [3.63, 3.8) is 0 Å². The topological polar surface area (TPSA) is 122 Å². The number of rotatable bonds is 6. The third-order valence-corrected chi connectivity index (χ3v) is 4.63. The number of nitrogens with zero attached hydrogens (tertiary/aromatic N) is 3. The van der Waals surface area contributed by atoms with Gasteiger partial charge in [0, 0.05) is 19.0 Å². The van der Waals surface area contributed by atoms with E-state index in [-0.39, 0.29) is 18.5 Å². The molecule has 1 aliphatic carbocycles. The number of carbonyl (C=O) groups excluding carboxylic acids is 1. The molecule has 1 aliphatic rings. The molecule has 0 bridgehead atoms. The van der Waals surface area contributed by atoms with Crippen LogP contribution in [0.1, 0.15) is 18.5 Å². The number of pyridine rings is 1. The first kappa shape index (κ1) is 20.7. The summed E-state index contributed by atoms with van der Waals surface area (Å²) in [6.07, 6.45) is -3.96. The Balaban J connectivity index is 1.72. The van der Waals surface area contributed by atoms with Gasteiger partial charge >= 0.3 is 12.5 Å². The van der Waals surface area contributed by atoms with Crippen LogP contribution in [0.4, 0.5) is 18.0 Å². The van der Waals surface area contributed by atoms with Gasteiger partial charge in [0.05, 0.1) is 17.2 Å². The van der Waals surface area contributed by atoms with Crippen LogP contribution in [-0.2, 0) is 11.3 Å². The van der Waals surface area contributed by atoms with Gasteiger partial charge in [-0.1, -0.05) is 0 Å². The van der Waals surface area contributed by atoms with Crippen LogP contribution in [0, 0.1) is 0 Å². The van der Waals surface area contributed by atoms with E-state index in [4.69, 9.17) is 15.2 Å². The van der Waals surface area contributed by atoms with Crippen LogP contribution in [0.25, 0.3) is 16.7 Å². The molecule has 1 aromatic carbocycles. The Hall–Kier alpha value is -3.54. The summed E-state index contributed by atoms with van der Waals surface area (Å²) in [5.41, 5.74) is 6.09. The van der Waals surface area contributed by atoms with Gasteiger partial charge in [-0.05, 0) is 30.3 Å². The highest BCUT2D eigenvalue weighted by atomic mass is 19.4. The number of halogens is 3. The van der Waals surface area contributed by atoms with Gasteiger partial charge in [-0.25, -0.2) is 14.5 Å². The lowest BCUT2D eigenvalue weighted by atomic mass is 9.92. The summed E-state index contributed by atoms with van der Waals surface area (Å²) >= 11 is 0. The molecule has 1 amide bonds. The van der Waals surface area contributed by atoms with Crippen molar-refractivity contribution in [2.75, 3.05) is 0 Å². The standard InChI is InChI=1S/C19H17F3N4O5/c20-19(21,22)31-12-3-1-10(2-4-12)26-17-16(14(25-26)9-29-18(23)28)15(5-6-24-17)30-13-7-11(27)8-13/h1-6,11,13,27H,7-9H2,(H2,23,28)/t11-,13+. The van der Waals surface area contributed by atoms with Gasteiger partial charge in [0.1, 0.15) is 29.9 Å². The first-order chi connectivity index (χ1) is 14.7. The molecular weight excluding hydrogens is 421 g/mol. The highest BCUT2D eigenvalue weighted by Gasteiger charge is 2.32. The van der Waals surface area contributed by atoms with Crippen LogP contribution >= 0.6 is 0 Å². The van der Waals surface area contributed by atoms with Crippen molar-refractivity contribution in [1.29, 1.82) is 0 Å². The van der Waals surface area contributed by atoms with Crippen molar-refractivity contribution in [2.24, 2.45) is 5.73 Å². The quantitative estimate of drug-likeness (QED) is 0.607. The summed E-state index contributed by atoms with van der Waals surface area (Å²) in [6.45, 7) is -0.260. The van der Waals surface area contributed by atoms with Gasteiger partial charge in [-0.2, -0.15) is 5.10 Å². The fourth-order valence-corrected chi connectivity index (χ4v) is 3.21. The zero-order valence-corrected chi connectivity index (χ0v) is 15.9. The van der Waals surface area contributed by atoms with E-state index in [1.165, 1.54) is 23.0 Å². The summed E-state index contributed by atoms with van der Waals surface area (Å²) in [4.78, 5) is 15.4. The van der Waals surface area contributed by atoms with Crippen molar-refractivity contribution < 1.29 is 37.3 Å². The zero-order valence-electron chi connectivity index (χ0n) is 15.9. The molecule has 12 heteroatoms. The molecule has 0 spiro atoms. The summed E-state index contributed by atoms with van der Waals surface area (Å²) in [5.74, 6) is 0.0405. The third kappa shape index (κ3) is 4.63. The SMILES string of the molecule is NC(=O)OCc1nn(-c2ccc(OC(F)(F)F)cc2)c2nccc(O[C@H]3C[C@@H](O)C3)c12. The van der Waals surface area contributed by atoms with Crippen LogP contribution in [0.15, 0.2) is 36.5 Å². The van der Waals surface area contributed by atoms with Crippen molar-refractivity contribution in [3.8, 4) is 17.2 Å². The van der Waals surface area contributed by atoms with E-state index in [1.54, 1.807) is 6.07 Å². The molecule has 164 valence electrons. The lowest BCUT2D eigenvalue weighted by Gasteiger charge is -2.31. The van der Waals surface area contributed by atoms with Crippen molar-refractivity contribution in [2.45, 2.75) is 38.0 Å². The van der Waals surface area contributed by atoms with E-state index in [0.29, 0.717) is 41.0 Å². The Labute approximate surface area is 173 Å². The molecular formula is C19H17F3N4O5. The van der Waals surface area contributed by atoms with Gasteiger partial charge in [0.25, 0.3) is 0 Å². The maximum absolute atomic E-state index is 12.4. The average Bonchev–Trinajstić information content (AvgIpc) is 3.04. The number of hydrogen-bond donors (Lipinski definition) is 2. The van der Waals surface area contributed by atoms with Crippen LogP contribution < -0.4 is 15.2 Å². The number of benzene rings is 1. The number of aliphatic hydroxyl groups is 1. The van der Waals surface area contributed by atoms with E-state index in [0.717, 1.165) is 12.1 Å². The Morgan fingerprint density at radius 2 is 1.94 bits per heavy atom. The lowest BCUT2D eigenvalue weighted by molar-refractivity contribution is -0.274. The number of primary amides is 1. The summed E-state index contributed by atoms with van der Waals surface area (Å²) in [7, 11) is 0. The highest BCUT2D eigenvalue weighted by molar-refractivity contribution is 5.86. The van der Waals surface area contributed by atoms with E-state index < -0.39 is 18.6 Å². The Bertz CT molecular complexity index is 1090. The molecule has 3 N–H and O–H groups in total. The number of fused-ring (bicyclic) bond motifs is 1. The summed E-state index contributed by atoms with van der Waals surface area (Å²) in [6, 6.07) is 6.67. The predicted octanol–water partition coefficient (Wildman–Crippen LogP) is 2.82. The highest BCUT2D eigenvalue weighted by Crippen LogP contribution is 2.34. The van der Waals surface area contributed by atoms with Gasteiger partial charge in [-0.3, -0.25) is 0 Å². The normalized spacial score (nSPS) is 18.5. The number of carbonyl (C=O) groups is 1. The molecule has 2 aromatic heterocycles. The van der Waals surface area contributed by atoms with E-state index in [1.807, 2.05) is 0 Å². The van der Waals surface area contributed by atoms with Crippen molar-refractivity contribution in [1.82, 2.24) is 14.8 Å². The molecule has 0 radical (unpaired) electrons. The van der Waals surface area contributed by atoms with Crippen molar-refractivity contribution in [3.05, 3.63) is 42.2 Å². The number of nitrogens with two attached hydrogens (primary N) is 1. The number of aliphatic hydroxyl groups excluding tert-OH is 1. The number of aromatic nitrogens is 3. The molecule has 0 atom stereocenters. The largest absolute Gasteiger partial charge is 0.573 e. The molecule has 0 aliphatic heterocycles. The number of ether oxygens (including phenoxy) is 3. The number of alkyl halides is 3. The average molecular weight is 438 g/mol. The van der Waals surface area contributed by atoms with Crippen molar-refractivity contribution >= 4 is 17.1 Å². The first-order valence-corrected chi connectivity index (χ1v) is 9.19. The minimum atomic E-state index is -4.80. The van der Waals surface area contributed by atoms with Crippen LogP contribution in [0.3, 0.4) is 0 Å². The minimum absolute atomic E-state index is 0.187. The molecule has 31 heavy (non-hydrogen) atoms. The lowest BCUT2D eigenvalue weighted by Crippen LogP contribution is -2.37. The second kappa shape index (κ2) is 7.95. The molecule has 1 fully saturated rings. The predicted molar refractivity (Wildman–Crippen MR) is 99.6 cm³/mol. The second-order valence-electron chi connectivity index (χ2n) is 6.88. The molecule has 9 nitrogen and oxygen atoms in total. The fraction of sp³-hybridized carbons (Fsp3) is 0.316. The first-order valence-electron chi connectivity index (χ1n) is 9.19. The zero-order chi connectivity index (χ0) is 22.2. The Morgan fingerprint density at radius 1 is 1.23 bits per heavy atom.